The average molecular weight is 218 g/mol. The van der Waals surface area contributed by atoms with Crippen LogP contribution in [0.1, 0.15) is 12.0 Å². The number of aliphatic hydroxyl groups is 2. The summed E-state index contributed by atoms with van der Waals surface area (Å²) in [6, 6.07) is 5.13. The minimum atomic E-state index is -1.88. The molecule has 1 aromatic carbocycles. The van der Waals surface area contributed by atoms with Gasteiger partial charge in [-0.3, -0.25) is 0 Å². The van der Waals surface area contributed by atoms with E-state index in [-0.39, 0.29) is 6.42 Å². The fourth-order valence-electron chi connectivity index (χ4n) is 1.76. The van der Waals surface area contributed by atoms with Crippen LogP contribution in [0.25, 0.3) is 5.57 Å². The molecule has 6 N–H and O–H groups in total. The van der Waals surface area contributed by atoms with Crippen LogP contribution in [0.15, 0.2) is 36.4 Å². The van der Waals surface area contributed by atoms with Crippen molar-refractivity contribution < 1.29 is 10.2 Å². The van der Waals surface area contributed by atoms with E-state index in [1.807, 2.05) is 0 Å². The maximum atomic E-state index is 9.84. The van der Waals surface area contributed by atoms with Gasteiger partial charge in [-0.05, 0) is 6.07 Å². The highest BCUT2D eigenvalue weighted by molar-refractivity contribution is 5.85. The Balaban J connectivity index is 2.56. The van der Waals surface area contributed by atoms with E-state index >= 15 is 0 Å². The van der Waals surface area contributed by atoms with Crippen LogP contribution in [0.2, 0.25) is 0 Å². The van der Waals surface area contributed by atoms with Crippen molar-refractivity contribution in [1.29, 1.82) is 0 Å². The highest BCUT2D eigenvalue weighted by Crippen LogP contribution is 2.36. The molecule has 0 spiro atoms. The molecule has 1 aromatic rings. The summed E-state index contributed by atoms with van der Waals surface area (Å²) in [5.74, 6) is -1.88. The first kappa shape index (κ1) is 10.7. The van der Waals surface area contributed by atoms with Gasteiger partial charge in [0.15, 0.2) is 5.79 Å². The Morgan fingerprint density at radius 1 is 1.19 bits per heavy atom. The molecule has 1 aliphatic rings. The lowest BCUT2D eigenvalue weighted by molar-refractivity contribution is -0.105. The fourth-order valence-corrected chi connectivity index (χ4v) is 1.76. The molecule has 0 saturated carbocycles. The number of nitrogen functional groups attached to an aromatic ring is 2. The molecule has 0 heterocycles. The lowest BCUT2D eigenvalue weighted by Crippen LogP contribution is -2.30. The lowest BCUT2D eigenvalue weighted by atomic mass is 9.90. The minimum Gasteiger partial charge on any atom is -0.397 e. The Labute approximate surface area is 93.5 Å². The molecule has 2 rings (SSSR count). The number of rotatable bonds is 1. The van der Waals surface area contributed by atoms with Crippen LogP contribution in [-0.4, -0.2) is 16.0 Å². The lowest BCUT2D eigenvalue weighted by Gasteiger charge is -2.27. The van der Waals surface area contributed by atoms with Crippen LogP contribution >= 0.6 is 0 Å². The highest BCUT2D eigenvalue weighted by atomic mass is 16.5. The normalized spacial score (nSPS) is 18.2. The second kappa shape index (κ2) is 3.66. The summed E-state index contributed by atoms with van der Waals surface area (Å²) in [6.45, 7) is 0. The summed E-state index contributed by atoms with van der Waals surface area (Å²) in [5, 5.41) is 19.7. The van der Waals surface area contributed by atoms with Crippen molar-refractivity contribution in [2.45, 2.75) is 12.2 Å². The number of allylic oxidation sites excluding steroid dienone is 2. The Kier molecular flexibility index (Phi) is 2.46. The third-order valence-electron chi connectivity index (χ3n) is 2.66. The van der Waals surface area contributed by atoms with Crippen LogP contribution in [0.4, 0.5) is 11.4 Å². The summed E-state index contributed by atoms with van der Waals surface area (Å²) >= 11 is 0. The molecule has 0 unspecified atom stereocenters. The first-order valence-electron chi connectivity index (χ1n) is 4.99. The van der Waals surface area contributed by atoms with Crippen LogP contribution < -0.4 is 11.5 Å². The molecule has 0 aliphatic heterocycles. The largest absolute Gasteiger partial charge is 0.397 e. The van der Waals surface area contributed by atoms with Crippen LogP contribution in [-0.2, 0) is 0 Å². The molecule has 0 atom stereocenters. The Hall–Kier alpha value is -1.78. The van der Waals surface area contributed by atoms with Crippen LogP contribution in [0, 0.1) is 0 Å². The third-order valence-corrected chi connectivity index (χ3v) is 2.66. The van der Waals surface area contributed by atoms with Crippen LogP contribution in [0.3, 0.4) is 0 Å². The van der Waals surface area contributed by atoms with Gasteiger partial charge in [-0.15, -0.1) is 0 Å². The SMILES string of the molecule is Nc1cccc(C2=CC=CCC2(O)O)c1N. The second-order valence-corrected chi connectivity index (χ2v) is 3.84. The topological polar surface area (TPSA) is 92.5 Å². The molecular formula is C12H14N2O2. The van der Waals surface area contributed by atoms with Gasteiger partial charge in [-0.25, -0.2) is 0 Å². The summed E-state index contributed by atoms with van der Waals surface area (Å²) in [4.78, 5) is 0. The third kappa shape index (κ3) is 1.68. The summed E-state index contributed by atoms with van der Waals surface area (Å²) in [6.07, 6.45) is 5.23. The van der Waals surface area contributed by atoms with Crippen molar-refractivity contribution in [3.8, 4) is 0 Å². The van der Waals surface area contributed by atoms with E-state index in [9.17, 15) is 10.2 Å². The first-order valence-corrected chi connectivity index (χ1v) is 4.99. The van der Waals surface area contributed by atoms with E-state index in [0.717, 1.165) is 0 Å². The van der Waals surface area contributed by atoms with E-state index in [0.29, 0.717) is 22.5 Å². The fraction of sp³-hybridized carbons (Fsp3) is 0.167. The van der Waals surface area contributed by atoms with E-state index in [1.54, 1.807) is 36.4 Å². The van der Waals surface area contributed by atoms with Crippen molar-refractivity contribution in [3.05, 3.63) is 42.0 Å². The van der Waals surface area contributed by atoms with Gasteiger partial charge in [0.1, 0.15) is 0 Å². The van der Waals surface area contributed by atoms with Gasteiger partial charge >= 0.3 is 0 Å². The number of anilines is 2. The first-order chi connectivity index (χ1) is 7.52. The molecule has 16 heavy (non-hydrogen) atoms. The number of nitrogens with two attached hydrogens (primary N) is 2. The smallest absolute Gasteiger partial charge is 0.194 e. The summed E-state index contributed by atoms with van der Waals surface area (Å²) in [5.41, 5.74) is 13.2. The number of hydrogen-bond acceptors (Lipinski definition) is 4. The van der Waals surface area contributed by atoms with Gasteiger partial charge in [0, 0.05) is 17.6 Å². The zero-order valence-electron chi connectivity index (χ0n) is 8.72. The zero-order valence-corrected chi connectivity index (χ0v) is 8.72. The molecule has 4 nitrogen and oxygen atoms in total. The van der Waals surface area contributed by atoms with Gasteiger partial charge in [0.05, 0.1) is 11.4 Å². The van der Waals surface area contributed by atoms with E-state index < -0.39 is 5.79 Å². The van der Waals surface area contributed by atoms with Gasteiger partial charge < -0.3 is 21.7 Å². The predicted molar refractivity (Wildman–Crippen MR) is 64.2 cm³/mol. The molecular weight excluding hydrogens is 204 g/mol. The predicted octanol–water partition coefficient (Wildman–Crippen LogP) is 0.875. The molecule has 0 fully saturated rings. The summed E-state index contributed by atoms with van der Waals surface area (Å²) in [7, 11) is 0. The quantitative estimate of drug-likeness (QED) is 0.416. The van der Waals surface area contributed by atoms with E-state index in [2.05, 4.69) is 0 Å². The zero-order chi connectivity index (χ0) is 11.8. The number of benzene rings is 1. The minimum absolute atomic E-state index is 0.146. The van der Waals surface area contributed by atoms with Crippen LogP contribution in [0.5, 0.6) is 0 Å². The van der Waals surface area contributed by atoms with Gasteiger partial charge in [0.25, 0.3) is 0 Å². The Morgan fingerprint density at radius 2 is 1.94 bits per heavy atom. The van der Waals surface area contributed by atoms with Crippen molar-refractivity contribution in [2.75, 3.05) is 11.5 Å². The molecule has 0 aromatic heterocycles. The second-order valence-electron chi connectivity index (χ2n) is 3.84. The van der Waals surface area contributed by atoms with Gasteiger partial charge in [-0.2, -0.15) is 0 Å². The Morgan fingerprint density at radius 3 is 2.62 bits per heavy atom. The molecule has 0 saturated heterocycles. The van der Waals surface area contributed by atoms with Gasteiger partial charge in [0.2, 0.25) is 0 Å². The monoisotopic (exact) mass is 218 g/mol. The van der Waals surface area contributed by atoms with Crippen molar-refractivity contribution >= 4 is 16.9 Å². The molecule has 1 aliphatic carbocycles. The van der Waals surface area contributed by atoms with Crippen molar-refractivity contribution in [3.63, 3.8) is 0 Å². The molecule has 0 amide bonds. The van der Waals surface area contributed by atoms with E-state index in [4.69, 9.17) is 11.5 Å². The number of para-hydroxylation sites is 1. The van der Waals surface area contributed by atoms with E-state index in [1.165, 1.54) is 0 Å². The summed E-state index contributed by atoms with van der Waals surface area (Å²) < 4.78 is 0. The van der Waals surface area contributed by atoms with Gasteiger partial charge in [-0.1, -0.05) is 30.4 Å². The standard InChI is InChI=1S/C12H14N2O2/c13-10-6-3-4-8(11(10)14)9-5-1-2-7-12(9,15)16/h1-6,15-16H,7,13-14H2. The molecule has 84 valence electrons. The average Bonchev–Trinajstić information content (AvgIpc) is 2.22. The van der Waals surface area contributed by atoms with Crippen molar-refractivity contribution in [1.82, 2.24) is 0 Å². The maximum Gasteiger partial charge on any atom is 0.194 e. The molecule has 4 heteroatoms. The maximum absolute atomic E-state index is 9.84. The highest BCUT2D eigenvalue weighted by Gasteiger charge is 2.30. The Bertz CT molecular complexity index is 476. The molecule has 0 bridgehead atoms. The molecule has 0 radical (unpaired) electrons. The van der Waals surface area contributed by atoms with Crippen molar-refractivity contribution in [2.24, 2.45) is 0 Å². The number of hydrogen-bond donors (Lipinski definition) is 4.